The summed E-state index contributed by atoms with van der Waals surface area (Å²) >= 11 is 0. The third-order valence-corrected chi connectivity index (χ3v) is 4.71. The van der Waals surface area contributed by atoms with Crippen LogP contribution in [-0.4, -0.2) is 22.6 Å². The molecule has 0 saturated carbocycles. The minimum Gasteiger partial charge on any atom is -0.353 e. The fourth-order valence-electron chi connectivity index (χ4n) is 3.66. The zero-order valence-electron chi connectivity index (χ0n) is 15.3. The van der Waals surface area contributed by atoms with Gasteiger partial charge in [0.1, 0.15) is 5.82 Å². The predicted molar refractivity (Wildman–Crippen MR) is 101 cm³/mol. The molecule has 1 fully saturated rings. The van der Waals surface area contributed by atoms with Crippen molar-refractivity contribution in [2.75, 3.05) is 16.8 Å². The molecule has 0 spiro atoms. The summed E-state index contributed by atoms with van der Waals surface area (Å²) in [5, 5.41) is 3.39. The first-order valence-corrected chi connectivity index (χ1v) is 9.03. The lowest BCUT2D eigenvalue weighted by Gasteiger charge is -2.36. The summed E-state index contributed by atoms with van der Waals surface area (Å²) < 4.78 is 0. The Morgan fingerprint density at radius 1 is 1.04 bits per heavy atom. The molecule has 1 aromatic heterocycles. The second-order valence-corrected chi connectivity index (χ2v) is 6.94. The van der Waals surface area contributed by atoms with E-state index < -0.39 is 0 Å². The highest BCUT2D eigenvalue weighted by Gasteiger charge is 2.22. The largest absolute Gasteiger partial charge is 0.353 e. The summed E-state index contributed by atoms with van der Waals surface area (Å²) in [5.41, 5.74) is 4.54. The van der Waals surface area contributed by atoms with Gasteiger partial charge >= 0.3 is 0 Å². The molecule has 1 aliphatic rings. The molecule has 0 radical (unpaired) electrons. The second-order valence-electron chi connectivity index (χ2n) is 6.94. The highest BCUT2D eigenvalue weighted by atomic mass is 15.2. The van der Waals surface area contributed by atoms with Gasteiger partial charge in [0.05, 0.1) is 0 Å². The highest BCUT2D eigenvalue weighted by molar-refractivity contribution is 5.58. The van der Waals surface area contributed by atoms with Crippen molar-refractivity contribution in [3.63, 3.8) is 0 Å². The molecule has 1 saturated heterocycles. The van der Waals surface area contributed by atoms with E-state index in [4.69, 9.17) is 4.98 Å². The summed E-state index contributed by atoms with van der Waals surface area (Å²) in [5.74, 6) is 1.75. The van der Waals surface area contributed by atoms with Gasteiger partial charge in [-0.25, -0.2) is 4.98 Å². The van der Waals surface area contributed by atoms with Gasteiger partial charge in [0, 0.05) is 30.0 Å². The summed E-state index contributed by atoms with van der Waals surface area (Å²) in [6, 6.07) is 9.15. The van der Waals surface area contributed by atoms with Gasteiger partial charge in [-0.05, 0) is 69.7 Å². The maximum Gasteiger partial charge on any atom is 0.229 e. The third kappa shape index (κ3) is 3.86. The van der Waals surface area contributed by atoms with Crippen molar-refractivity contribution in [3.05, 3.63) is 41.1 Å². The Kier molecular flexibility index (Phi) is 5.03. The lowest BCUT2D eigenvalue weighted by atomic mass is 10.00. The number of anilines is 3. The number of aromatic nitrogens is 2. The van der Waals surface area contributed by atoms with Crippen LogP contribution in [0.5, 0.6) is 0 Å². The number of aryl methyl sites for hydroxylation is 3. The SMILES string of the molecule is CCC1CCCCN1c1cc(C)nc(Nc2cc(C)cc(C)c2)n1. The van der Waals surface area contributed by atoms with Crippen LogP contribution in [0.2, 0.25) is 0 Å². The maximum atomic E-state index is 4.81. The quantitative estimate of drug-likeness (QED) is 0.867. The number of rotatable bonds is 4. The van der Waals surface area contributed by atoms with Gasteiger partial charge in [-0.1, -0.05) is 13.0 Å². The molecule has 1 atom stereocenters. The van der Waals surface area contributed by atoms with E-state index >= 15 is 0 Å². The predicted octanol–water partition coefficient (Wildman–Crippen LogP) is 4.91. The van der Waals surface area contributed by atoms with E-state index in [2.05, 4.69) is 60.2 Å². The molecule has 1 aliphatic heterocycles. The Labute approximate surface area is 145 Å². The van der Waals surface area contributed by atoms with Crippen LogP contribution in [0.15, 0.2) is 24.3 Å². The minimum atomic E-state index is 0.599. The Morgan fingerprint density at radius 3 is 2.50 bits per heavy atom. The summed E-state index contributed by atoms with van der Waals surface area (Å²) in [4.78, 5) is 11.9. The van der Waals surface area contributed by atoms with Crippen LogP contribution in [0, 0.1) is 20.8 Å². The van der Waals surface area contributed by atoms with Crippen molar-refractivity contribution >= 4 is 17.5 Å². The van der Waals surface area contributed by atoms with E-state index in [0.29, 0.717) is 12.0 Å². The minimum absolute atomic E-state index is 0.599. The number of hydrogen-bond acceptors (Lipinski definition) is 4. The van der Waals surface area contributed by atoms with Crippen LogP contribution in [0.25, 0.3) is 0 Å². The molecular formula is C20H28N4. The number of nitrogens with one attached hydrogen (secondary N) is 1. The molecule has 3 rings (SSSR count). The van der Waals surface area contributed by atoms with Gasteiger partial charge in [-0.2, -0.15) is 4.98 Å². The molecule has 0 aliphatic carbocycles. The van der Waals surface area contributed by atoms with Crippen molar-refractivity contribution in [3.8, 4) is 0 Å². The zero-order chi connectivity index (χ0) is 17.1. The van der Waals surface area contributed by atoms with Gasteiger partial charge in [0.25, 0.3) is 0 Å². The van der Waals surface area contributed by atoms with E-state index in [1.54, 1.807) is 0 Å². The molecule has 0 bridgehead atoms. The van der Waals surface area contributed by atoms with Crippen molar-refractivity contribution in [1.82, 2.24) is 9.97 Å². The van der Waals surface area contributed by atoms with Gasteiger partial charge in [-0.3, -0.25) is 0 Å². The van der Waals surface area contributed by atoms with Gasteiger partial charge in [0.2, 0.25) is 5.95 Å². The summed E-state index contributed by atoms with van der Waals surface area (Å²) in [7, 11) is 0. The van der Waals surface area contributed by atoms with Crippen LogP contribution < -0.4 is 10.2 Å². The average molecular weight is 324 g/mol. The molecule has 1 aromatic carbocycles. The van der Waals surface area contributed by atoms with E-state index in [-0.39, 0.29) is 0 Å². The fraction of sp³-hybridized carbons (Fsp3) is 0.500. The number of benzene rings is 1. The normalized spacial score (nSPS) is 17.8. The van der Waals surface area contributed by atoms with Gasteiger partial charge in [-0.15, -0.1) is 0 Å². The lowest BCUT2D eigenvalue weighted by Crippen LogP contribution is -2.39. The highest BCUT2D eigenvalue weighted by Crippen LogP contribution is 2.27. The summed E-state index contributed by atoms with van der Waals surface area (Å²) in [6.45, 7) is 9.63. The Morgan fingerprint density at radius 2 is 1.79 bits per heavy atom. The van der Waals surface area contributed by atoms with Crippen LogP contribution in [0.4, 0.5) is 17.5 Å². The molecule has 24 heavy (non-hydrogen) atoms. The van der Waals surface area contributed by atoms with E-state index in [0.717, 1.165) is 23.7 Å². The summed E-state index contributed by atoms with van der Waals surface area (Å²) in [6.07, 6.45) is 5.01. The van der Waals surface area contributed by atoms with Gasteiger partial charge in [0.15, 0.2) is 0 Å². The smallest absolute Gasteiger partial charge is 0.229 e. The third-order valence-electron chi connectivity index (χ3n) is 4.71. The fourth-order valence-corrected chi connectivity index (χ4v) is 3.66. The molecular weight excluding hydrogens is 296 g/mol. The molecule has 4 heteroatoms. The lowest BCUT2D eigenvalue weighted by molar-refractivity contribution is 0.446. The van der Waals surface area contributed by atoms with Crippen molar-refractivity contribution in [2.24, 2.45) is 0 Å². The van der Waals surface area contributed by atoms with E-state index in [1.807, 2.05) is 6.92 Å². The topological polar surface area (TPSA) is 41.1 Å². The van der Waals surface area contributed by atoms with E-state index in [9.17, 15) is 0 Å². The second kappa shape index (κ2) is 7.20. The average Bonchev–Trinajstić information content (AvgIpc) is 2.53. The first kappa shape index (κ1) is 16.7. The number of piperidine rings is 1. The Bertz CT molecular complexity index is 691. The van der Waals surface area contributed by atoms with Gasteiger partial charge < -0.3 is 10.2 Å². The van der Waals surface area contributed by atoms with Crippen molar-refractivity contribution < 1.29 is 0 Å². The molecule has 0 amide bonds. The van der Waals surface area contributed by atoms with Crippen LogP contribution in [0.1, 0.15) is 49.4 Å². The maximum absolute atomic E-state index is 4.81. The standard InChI is InChI=1S/C20H28N4/c1-5-18-8-6-7-9-24(18)19-13-16(4)21-20(23-19)22-17-11-14(2)10-15(3)12-17/h10-13,18H,5-9H2,1-4H3,(H,21,22,23). The Balaban J connectivity index is 1.88. The van der Waals surface area contributed by atoms with E-state index in [1.165, 1.54) is 36.8 Å². The van der Waals surface area contributed by atoms with Crippen LogP contribution >= 0.6 is 0 Å². The molecule has 1 N–H and O–H groups in total. The molecule has 1 unspecified atom stereocenters. The first-order valence-electron chi connectivity index (χ1n) is 9.03. The molecule has 4 nitrogen and oxygen atoms in total. The van der Waals surface area contributed by atoms with Crippen LogP contribution in [0.3, 0.4) is 0 Å². The zero-order valence-corrected chi connectivity index (χ0v) is 15.3. The van der Waals surface area contributed by atoms with Crippen molar-refractivity contribution in [1.29, 1.82) is 0 Å². The first-order chi connectivity index (χ1) is 11.5. The van der Waals surface area contributed by atoms with Crippen molar-refractivity contribution in [2.45, 2.75) is 59.4 Å². The molecule has 128 valence electrons. The molecule has 2 aromatic rings. The monoisotopic (exact) mass is 324 g/mol. The number of hydrogen-bond donors (Lipinski definition) is 1. The Hall–Kier alpha value is -2.10. The number of nitrogens with zero attached hydrogens (tertiary/aromatic N) is 3. The molecule has 2 heterocycles. The van der Waals surface area contributed by atoms with Crippen LogP contribution in [-0.2, 0) is 0 Å².